The molecule has 1 aliphatic heterocycles. The molecule has 2 heterocycles. The van der Waals surface area contributed by atoms with Gasteiger partial charge in [-0.3, -0.25) is 4.79 Å². The van der Waals surface area contributed by atoms with Crippen LogP contribution in [0.5, 0.6) is 0 Å². The van der Waals surface area contributed by atoms with Crippen LogP contribution in [0.15, 0.2) is 12.5 Å². The third-order valence-corrected chi connectivity index (χ3v) is 3.55. The van der Waals surface area contributed by atoms with E-state index < -0.39 is 0 Å². The molecule has 2 N–H and O–H groups in total. The van der Waals surface area contributed by atoms with Crippen LogP contribution in [0.1, 0.15) is 49.6 Å². The highest BCUT2D eigenvalue weighted by molar-refractivity contribution is 5.92. The number of nitrogens with zero attached hydrogens (tertiary/aromatic N) is 2. The van der Waals surface area contributed by atoms with E-state index in [0.29, 0.717) is 11.7 Å². The molecule has 1 amide bonds. The highest BCUT2D eigenvalue weighted by Crippen LogP contribution is 2.18. The van der Waals surface area contributed by atoms with Crippen LogP contribution < -0.4 is 10.6 Å². The molecule has 0 aliphatic carbocycles. The topological polar surface area (TPSA) is 59.0 Å². The second kappa shape index (κ2) is 6.00. The zero-order valence-corrected chi connectivity index (χ0v) is 11.1. The van der Waals surface area contributed by atoms with Gasteiger partial charge in [-0.1, -0.05) is 6.92 Å². The molecule has 18 heavy (non-hydrogen) atoms. The van der Waals surface area contributed by atoms with Crippen LogP contribution in [-0.4, -0.2) is 34.6 Å². The van der Waals surface area contributed by atoms with Gasteiger partial charge in [-0.05, 0) is 39.3 Å². The molecular formula is C13H22N4O. The Morgan fingerprint density at radius 3 is 3.00 bits per heavy atom. The fraction of sp³-hybridized carbons (Fsp3) is 0.692. The van der Waals surface area contributed by atoms with Crippen molar-refractivity contribution in [2.45, 2.75) is 45.2 Å². The zero-order chi connectivity index (χ0) is 13.0. The fourth-order valence-electron chi connectivity index (χ4n) is 2.16. The number of carbonyl (C=O) groups is 1. The number of rotatable bonds is 4. The van der Waals surface area contributed by atoms with Gasteiger partial charge in [0.15, 0.2) is 0 Å². The Morgan fingerprint density at radius 1 is 1.61 bits per heavy atom. The Kier molecular flexibility index (Phi) is 4.36. The molecule has 0 saturated carbocycles. The standard InChI is InChI=1S/C13H22N4O/c1-3-10(2)16-13(18)12-8-17(9-15-12)11-4-6-14-7-5-11/h8-11,14H,3-7H2,1-2H3,(H,16,18). The van der Waals surface area contributed by atoms with Crippen LogP contribution >= 0.6 is 0 Å². The average Bonchev–Trinajstić information content (AvgIpc) is 2.89. The van der Waals surface area contributed by atoms with E-state index in [0.717, 1.165) is 32.4 Å². The van der Waals surface area contributed by atoms with Crippen LogP contribution in [0.3, 0.4) is 0 Å². The third kappa shape index (κ3) is 3.10. The van der Waals surface area contributed by atoms with E-state index in [9.17, 15) is 4.79 Å². The number of carbonyl (C=O) groups excluding carboxylic acids is 1. The van der Waals surface area contributed by atoms with Gasteiger partial charge in [-0.2, -0.15) is 0 Å². The summed E-state index contributed by atoms with van der Waals surface area (Å²) in [6.07, 6.45) is 6.78. The Hall–Kier alpha value is -1.36. The number of amides is 1. The number of piperidine rings is 1. The predicted octanol–water partition coefficient (Wildman–Crippen LogP) is 1.34. The summed E-state index contributed by atoms with van der Waals surface area (Å²) in [4.78, 5) is 16.1. The Labute approximate surface area is 108 Å². The molecule has 1 atom stereocenters. The van der Waals surface area contributed by atoms with E-state index >= 15 is 0 Å². The maximum Gasteiger partial charge on any atom is 0.271 e. The molecule has 5 heteroatoms. The normalized spacial score (nSPS) is 18.6. The van der Waals surface area contributed by atoms with Crippen molar-refractivity contribution in [1.29, 1.82) is 0 Å². The maximum atomic E-state index is 11.9. The summed E-state index contributed by atoms with van der Waals surface area (Å²) >= 11 is 0. The number of nitrogens with one attached hydrogen (secondary N) is 2. The molecule has 0 radical (unpaired) electrons. The number of hydrogen-bond acceptors (Lipinski definition) is 3. The van der Waals surface area contributed by atoms with Crippen molar-refractivity contribution in [3.8, 4) is 0 Å². The van der Waals surface area contributed by atoms with Crippen molar-refractivity contribution >= 4 is 5.91 Å². The number of imidazole rings is 1. The number of aromatic nitrogens is 2. The van der Waals surface area contributed by atoms with Crippen molar-refractivity contribution in [2.24, 2.45) is 0 Å². The minimum Gasteiger partial charge on any atom is -0.348 e. The molecule has 1 fully saturated rings. The van der Waals surface area contributed by atoms with Crippen LogP contribution in [0.25, 0.3) is 0 Å². The van der Waals surface area contributed by atoms with E-state index in [1.807, 2.05) is 13.1 Å². The molecule has 1 unspecified atom stereocenters. The second-order valence-electron chi connectivity index (χ2n) is 4.97. The number of hydrogen-bond donors (Lipinski definition) is 2. The van der Waals surface area contributed by atoms with Crippen LogP contribution in [0.4, 0.5) is 0 Å². The van der Waals surface area contributed by atoms with E-state index in [1.165, 1.54) is 0 Å². The van der Waals surface area contributed by atoms with Crippen molar-refractivity contribution in [3.05, 3.63) is 18.2 Å². The first-order valence-electron chi connectivity index (χ1n) is 6.75. The van der Waals surface area contributed by atoms with E-state index in [-0.39, 0.29) is 11.9 Å². The summed E-state index contributed by atoms with van der Waals surface area (Å²) in [6, 6.07) is 0.672. The minimum absolute atomic E-state index is 0.0722. The summed E-state index contributed by atoms with van der Waals surface area (Å²) < 4.78 is 2.08. The average molecular weight is 250 g/mol. The van der Waals surface area contributed by atoms with Crippen molar-refractivity contribution in [3.63, 3.8) is 0 Å². The monoisotopic (exact) mass is 250 g/mol. The van der Waals surface area contributed by atoms with Gasteiger partial charge in [-0.25, -0.2) is 4.98 Å². The Morgan fingerprint density at radius 2 is 2.33 bits per heavy atom. The summed E-state index contributed by atoms with van der Waals surface area (Å²) in [5.74, 6) is -0.0722. The van der Waals surface area contributed by atoms with Crippen molar-refractivity contribution in [1.82, 2.24) is 20.2 Å². The largest absolute Gasteiger partial charge is 0.348 e. The van der Waals surface area contributed by atoms with Gasteiger partial charge in [-0.15, -0.1) is 0 Å². The zero-order valence-electron chi connectivity index (χ0n) is 11.1. The molecule has 0 spiro atoms. The van der Waals surface area contributed by atoms with Gasteiger partial charge in [0.25, 0.3) is 5.91 Å². The van der Waals surface area contributed by atoms with Crippen LogP contribution in [0, 0.1) is 0 Å². The minimum atomic E-state index is -0.0722. The molecular weight excluding hydrogens is 228 g/mol. The fourth-order valence-corrected chi connectivity index (χ4v) is 2.16. The molecule has 100 valence electrons. The first kappa shape index (κ1) is 13.1. The summed E-state index contributed by atoms with van der Waals surface area (Å²) in [6.45, 7) is 6.13. The quantitative estimate of drug-likeness (QED) is 0.847. The van der Waals surface area contributed by atoms with Crippen molar-refractivity contribution in [2.75, 3.05) is 13.1 Å². The highest BCUT2D eigenvalue weighted by atomic mass is 16.1. The lowest BCUT2D eigenvalue weighted by atomic mass is 10.1. The summed E-state index contributed by atoms with van der Waals surface area (Å²) in [7, 11) is 0. The van der Waals surface area contributed by atoms with Crippen LogP contribution in [-0.2, 0) is 0 Å². The molecule has 5 nitrogen and oxygen atoms in total. The molecule has 0 bridgehead atoms. The lowest BCUT2D eigenvalue weighted by Gasteiger charge is -2.23. The molecule has 2 rings (SSSR count). The first-order valence-corrected chi connectivity index (χ1v) is 6.75. The first-order chi connectivity index (χ1) is 8.70. The smallest absolute Gasteiger partial charge is 0.271 e. The van der Waals surface area contributed by atoms with E-state index in [2.05, 4.69) is 27.1 Å². The van der Waals surface area contributed by atoms with Gasteiger partial charge in [0.2, 0.25) is 0 Å². The second-order valence-corrected chi connectivity index (χ2v) is 4.97. The summed E-state index contributed by atoms with van der Waals surface area (Å²) in [5, 5.41) is 6.27. The molecule has 0 aromatic carbocycles. The summed E-state index contributed by atoms with van der Waals surface area (Å²) in [5.41, 5.74) is 0.522. The van der Waals surface area contributed by atoms with E-state index in [4.69, 9.17) is 0 Å². The molecule has 1 aromatic rings. The molecule has 1 aliphatic rings. The lowest BCUT2D eigenvalue weighted by Crippen LogP contribution is -2.32. The van der Waals surface area contributed by atoms with Gasteiger partial charge in [0.05, 0.1) is 6.33 Å². The lowest BCUT2D eigenvalue weighted by molar-refractivity contribution is 0.0934. The van der Waals surface area contributed by atoms with Gasteiger partial charge in [0.1, 0.15) is 5.69 Å². The molecule has 1 aromatic heterocycles. The third-order valence-electron chi connectivity index (χ3n) is 3.55. The van der Waals surface area contributed by atoms with Crippen molar-refractivity contribution < 1.29 is 4.79 Å². The maximum absolute atomic E-state index is 11.9. The SMILES string of the molecule is CCC(C)NC(=O)c1cn(C2CCNCC2)cn1. The highest BCUT2D eigenvalue weighted by Gasteiger charge is 2.17. The van der Waals surface area contributed by atoms with Gasteiger partial charge in [0, 0.05) is 18.3 Å². The molecule has 1 saturated heterocycles. The van der Waals surface area contributed by atoms with Crippen LogP contribution in [0.2, 0.25) is 0 Å². The van der Waals surface area contributed by atoms with E-state index in [1.54, 1.807) is 6.33 Å². The Balaban J connectivity index is 1.98. The van der Waals surface area contributed by atoms with Gasteiger partial charge < -0.3 is 15.2 Å². The predicted molar refractivity (Wildman–Crippen MR) is 70.6 cm³/mol. The Bertz CT molecular complexity index is 395. The van der Waals surface area contributed by atoms with Gasteiger partial charge >= 0.3 is 0 Å².